The Morgan fingerprint density at radius 3 is 2.73 bits per heavy atom. The fourth-order valence-electron chi connectivity index (χ4n) is 3.67. The van der Waals surface area contributed by atoms with Crippen LogP contribution < -0.4 is 15.5 Å². The van der Waals surface area contributed by atoms with Crippen molar-refractivity contribution < 1.29 is 14.4 Å². The molecule has 0 bridgehead atoms. The third kappa shape index (κ3) is 4.12. The van der Waals surface area contributed by atoms with Crippen LogP contribution in [0.2, 0.25) is 0 Å². The minimum atomic E-state index is -0.295. The van der Waals surface area contributed by atoms with Gasteiger partial charge in [0.25, 0.3) is 0 Å². The first-order valence-corrected chi connectivity index (χ1v) is 9.23. The number of benzene rings is 1. The van der Waals surface area contributed by atoms with Crippen molar-refractivity contribution >= 4 is 29.1 Å². The molecule has 0 aromatic heterocycles. The van der Waals surface area contributed by atoms with E-state index in [-0.39, 0.29) is 36.6 Å². The lowest BCUT2D eigenvalue weighted by molar-refractivity contribution is -0.122. The van der Waals surface area contributed by atoms with E-state index in [0.29, 0.717) is 5.69 Å². The van der Waals surface area contributed by atoms with Crippen LogP contribution in [-0.4, -0.2) is 30.8 Å². The van der Waals surface area contributed by atoms with Crippen molar-refractivity contribution in [1.82, 2.24) is 5.32 Å². The lowest BCUT2D eigenvalue weighted by atomic mass is 10.1. The predicted octanol–water partition coefficient (Wildman–Crippen LogP) is 2.40. The number of fused-ring (bicyclic) bond motifs is 1. The van der Waals surface area contributed by atoms with E-state index in [9.17, 15) is 14.4 Å². The van der Waals surface area contributed by atoms with Gasteiger partial charge in [0, 0.05) is 36.8 Å². The Kier molecular flexibility index (Phi) is 5.71. The Morgan fingerprint density at radius 2 is 2.00 bits per heavy atom. The van der Waals surface area contributed by atoms with E-state index in [4.69, 9.17) is 0 Å². The second-order valence-electron chi connectivity index (χ2n) is 6.86. The van der Waals surface area contributed by atoms with Gasteiger partial charge in [-0.15, -0.1) is 0 Å². The van der Waals surface area contributed by atoms with Gasteiger partial charge in [0.1, 0.15) is 0 Å². The van der Waals surface area contributed by atoms with Gasteiger partial charge in [-0.1, -0.05) is 25.5 Å². The molecule has 1 fully saturated rings. The Hall–Kier alpha value is -2.63. The summed E-state index contributed by atoms with van der Waals surface area (Å²) >= 11 is 0. The van der Waals surface area contributed by atoms with Crippen LogP contribution in [0.15, 0.2) is 30.9 Å². The summed E-state index contributed by atoms with van der Waals surface area (Å²) in [7, 11) is 0. The monoisotopic (exact) mass is 355 g/mol. The average molecular weight is 355 g/mol. The summed E-state index contributed by atoms with van der Waals surface area (Å²) in [5.74, 6) is -0.109. The summed E-state index contributed by atoms with van der Waals surface area (Å²) in [4.78, 5) is 37.8. The van der Waals surface area contributed by atoms with Gasteiger partial charge >= 0.3 is 0 Å². The van der Waals surface area contributed by atoms with Crippen LogP contribution in [-0.2, 0) is 20.8 Å². The quantitative estimate of drug-likeness (QED) is 0.769. The zero-order valence-electron chi connectivity index (χ0n) is 14.9. The summed E-state index contributed by atoms with van der Waals surface area (Å²) in [5.41, 5.74) is 2.74. The first-order chi connectivity index (χ1) is 12.6. The van der Waals surface area contributed by atoms with Crippen molar-refractivity contribution in [3.05, 3.63) is 36.4 Å². The normalized spacial score (nSPS) is 16.2. The predicted molar refractivity (Wildman–Crippen MR) is 101 cm³/mol. The molecule has 1 saturated carbocycles. The SMILES string of the molecule is C=CC(=O)NCCC(=O)Nc1ccc2c(c1)N(C(=O)C1CCCC1)CC2. The highest BCUT2D eigenvalue weighted by molar-refractivity contribution is 5.99. The molecule has 1 heterocycles. The number of rotatable bonds is 6. The van der Waals surface area contributed by atoms with Crippen molar-refractivity contribution in [3.63, 3.8) is 0 Å². The Morgan fingerprint density at radius 1 is 1.23 bits per heavy atom. The summed E-state index contributed by atoms with van der Waals surface area (Å²) in [6.45, 7) is 4.34. The lowest BCUT2D eigenvalue weighted by Crippen LogP contribution is -2.33. The molecule has 3 amide bonds. The molecule has 1 aliphatic carbocycles. The second-order valence-corrected chi connectivity index (χ2v) is 6.86. The smallest absolute Gasteiger partial charge is 0.243 e. The molecular formula is C20H25N3O3. The molecule has 2 aliphatic rings. The van der Waals surface area contributed by atoms with Gasteiger partial charge in [0.15, 0.2) is 0 Å². The van der Waals surface area contributed by atoms with E-state index < -0.39 is 0 Å². The van der Waals surface area contributed by atoms with Gasteiger partial charge in [-0.25, -0.2) is 0 Å². The largest absolute Gasteiger partial charge is 0.352 e. The van der Waals surface area contributed by atoms with Crippen molar-refractivity contribution in [1.29, 1.82) is 0 Å². The molecule has 1 aliphatic heterocycles. The van der Waals surface area contributed by atoms with E-state index in [2.05, 4.69) is 17.2 Å². The highest BCUT2D eigenvalue weighted by atomic mass is 16.2. The molecule has 3 rings (SSSR count). The van der Waals surface area contributed by atoms with Gasteiger partial charge < -0.3 is 15.5 Å². The van der Waals surface area contributed by atoms with Gasteiger partial charge in [-0.3, -0.25) is 14.4 Å². The van der Waals surface area contributed by atoms with Crippen LogP contribution in [0, 0.1) is 5.92 Å². The van der Waals surface area contributed by atoms with E-state index in [1.165, 1.54) is 6.08 Å². The molecule has 2 N–H and O–H groups in total. The third-order valence-corrected chi connectivity index (χ3v) is 5.07. The molecule has 138 valence electrons. The number of nitrogens with one attached hydrogen (secondary N) is 2. The maximum absolute atomic E-state index is 12.8. The number of carbonyl (C=O) groups is 3. The van der Waals surface area contributed by atoms with Gasteiger partial charge in [0.2, 0.25) is 17.7 Å². The van der Waals surface area contributed by atoms with Gasteiger partial charge in [-0.05, 0) is 43.0 Å². The highest BCUT2D eigenvalue weighted by Crippen LogP contribution is 2.35. The van der Waals surface area contributed by atoms with E-state index in [1.54, 1.807) is 0 Å². The maximum Gasteiger partial charge on any atom is 0.243 e. The topological polar surface area (TPSA) is 78.5 Å². The lowest BCUT2D eigenvalue weighted by Gasteiger charge is -2.21. The van der Waals surface area contributed by atoms with E-state index >= 15 is 0 Å². The van der Waals surface area contributed by atoms with Crippen LogP contribution in [0.25, 0.3) is 0 Å². The van der Waals surface area contributed by atoms with Crippen molar-refractivity contribution in [2.24, 2.45) is 5.92 Å². The molecule has 6 nitrogen and oxygen atoms in total. The van der Waals surface area contributed by atoms with Crippen LogP contribution in [0.4, 0.5) is 11.4 Å². The Balaban J connectivity index is 1.61. The molecule has 6 heteroatoms. The molecule has 0 unspecified atom stereocenters. The van der Waals surface area contributed by atoms with Crippen LogP contribution in [0.3, 0.4) is 0 Å². The standard InChI is InChI=1S/C20H25N3O3/c1-2-18(24)21-11-9-19(25)22-16-8-7-14-10-12-23(17(14)13-16)20(26)15-5-3-4-6-15/h2,7-8,13,15H,1,3-6,9-12H2,(H,21,24)(H,22,25). The van der Waals surface area contributed by atoms with E-state index in [0.717, 1.165) is 49.9 Å². The fourth-order valence-corrected chi connectivity index (χ4v) is 3.67. The Labute approximate surface area is 153 Å². The first-order valence-electron chi connectivity index (χ1n) is 9.23. The van der Waals surface area contributed by atoms with Gasteiger partial charge in [-0.2, -0.15) is 0 Å². The zero-order valence-corrected chi connectivity index (χ0v) is 14.9. The zero-order chi connectivity index (χ0) is 18.5. The number of carbonyl (C=O) groups excluding carboxylic acids is 3. The van der Waals surface area contributed by atoms with Crippen LogP contribution in [0.5, 0.6) is 0 Å². The molecule has 0 atom stereocenters. The van der Waals surface area contributed by atoms with Gasteiger partial charge in [0.05, 0.1) is 0 Å². The number of nitrogens with zero attached hydrogens (tertiary/aromatic N) is 1. The van der Waals surface area contributed by atoms with Crippen molar-refractivity contribution in [2.45, 2.75) is 38.5 Å². The summed E-state index contributed by atoms with van der Waals surface area (Å²) in [6, 6.07) is 5.73. The first kappa shape index (κ1) is 18.2. The van der Waals surface area contributed by atoms with Crippen LogP contribution >= 0.6 is 0 Å². The average Bonchev–Trinajstić information content (AvgIpc) is 3.30. The third-order valence-electron chi connectivity index (χ3n) is 5.07. The summed E-state index contributed by atoms with van der Waals surface area (Å²) in [6.07, 6.45) is 6.45. The minimum absolute atomic E-state index is 0.146. The Bertz CT molecular complexity index is 723. The molecule has 26 heavy (non-hydrogen) atoms. The number of hydrogen-bond donors (Lipinski definition) is 2. The van der Waals surface area contributed by atoms with Crippen molar-refractivity contribution in [3.8, 4) is 0 Å². The number of amides is 3. The molecule has 1 aromatic carbocycles. The molecule has 0 spiro atoms. The fraction of sp³-hybridized carbons (Fsp3) is 0.450. The minimum Gasteiger partial charge on any atom is -0.352 e. The highest BCUT2D eigenvalue weighted by Gasteiger charge is 2.31. The molecule has 0 radical (unpaired) electrons. The molecular weight excluding hydrogens is 330 g/mol. The maximum atomic E-state index is 12.8. The summed E-state index contributed by atoms with van der Waals surface area (Å²) in [5, 5.41) is 5.41. The second kappa shape index (κ2) is 8.17. The molecule has 0 saturated heterocycles. The summed E-state index contributed by atoms with van der Waals surface area (Å²) < 4.78 is 0. The van der Waals surface area contributed by atoms with Crippen LogP contribution in [0.1, 0.15) is 37.7 Å². The van der Waals surface area contributed by atoms with E-state index in [1.807, 2.05) is 23.1 Å². The molecule has 1 aromatic rings. The van der Waals surface area contributed by atoms with Crippen molar-refractivity contribution in [2.75, 3.05) is 23.3 Å². The number of hydrogen-bond acceptors (Lipinski definition) is 3. The number of anilines is 2.